The molecule has 1 aromatic heterocycles. The van der Waals surface area contributed by atoms with Crippen LogP contribution in [0, 0.1) is 40.8 Å². The Labute approximate surface area is 189 Å². The van der Waals surface area contributed by atoms with Gasteiger partial charge in [-0.15, -0.1) is 0 Å². The Morgan fingerprint density at radius 3 is 2.75 bits per heavy atom. The second-order valence-corrected chi connectivity index (χ2v) is 11.6. The summed E-state index contributed by atoms with van der Waals surface area (Å²) in [6.07, 6.45) is 9.66. The van der Waals surface area contributed by atoms with Gasteiger partial charge in [0.15, 0.2) is 11.6 Å². The third kappa shape index (κ3) is 3.48. The lowest BCUT2D eigenvalue weighted by Gasteiger charge is -2.59. The van der Waals surface area contributed by atoms with E-state index >= 15 is 4.39 Å². The van der Waals surface area contributed by atoms with Crippen LogP contribution in [-0.4, -0.2) is 33.7 Å². The maximum atomic E-state index is 16.5. The second kappa shape index (κ2) is 7.75. The van der Waals surface area contributed by atoms with Crippen molar-refractivity contribution in [1.82, 2.24) is 4.98 Å². The highest BCUT2D eigenvalue weighted by Gasteiger charge is 2.63. The molecule has 1 heterocycles. The average molecular weight is 447 g/mol. The Kier molecular flexibility index (Phi) is 5.39. The minimum Gasteiger partial charge on any atom is -0.390 e. The number of carbonyl (C=O) groups excluding carboxylic acids is 1. The third-order valence-corrected chi connectivity index (χ3v) is 9.93. The monoisotopic (exact) mass is 446 g/mol. The van der Waals surface area contributed by atoms with Crippen LogP contribution in [0.4, 0.5) is 14.5 Å². The fraction of sp³-hybridized carbons (Fsp3) is 0.769. The maximum absolute atomic E-state index is 16.5. The molecule has 8 atom stereocenters. The highest BCUT2D eigenvalue weighted by Crippen LogP contribution is 2.66. The summed E-state index contributed by atoms with van der Waals surface area (Å²) in [5, 5.41) is 13.5. The van der Waals surface area contributed by atoms with Crippen LogP contribution < -0.4 is 5.32 Å². The molecule has 0 aliphatic heterocycles. The fourth-order valence-electron chi connectivity index (χ4n) is 8.33. The average Bonchev–Trinajstić information content (AvgIpc) is 3.11. The predicted octanol–water partition coefficient (Wildman–Crippen LogP) is 5.31. The Hall–Kier alpha value is -1.56. The molecule has 0 amide bonds. The molecule has 2 N–H and O–H groups in total. The lowest BCUT2D eigenvalue weighted by Crippen LogP contribution is -2.58. The van der Waals surface area contributed by atoms with Crippen molar-refractivity contribution in [3.63, 3.8) is 0 Å². The highest BCUT2D eigenvalue weighted by atomic mass is 19.1. The first-order valence-corrected chi connectivity index (χ1v) is 12.4. The number of nitrogens with zero attached hydrogens (tertiary/aromatic N) is 1. The minimum atomic E-state index is -1.16. The summed E-state index contributed by atoms with van der Waals surface area (Å²) in [6.45, 7) is 4.22. The molecular formula is C26H36F2N2O2. The van der Waals surface area contributed by atoms with E-state index in [-0.39, 0.29) is 35.5 Å². The van der Waals surface area contributed by atoms with Crippen LogP contribution >= 0.6 is 0 Å². The van der Waals surface area contributed by atoms with Crippen molar-refractivity contribution < 1.29 is 18.7 Å². The summed E-state index contributed by atoms with van der Waals surface area (Å²) in [6, 6.07) is 1.55. The van der Waals surface area contributed by atoms with E-state index in [2.05, 4.69) is 17.2 Å². The van der Waals surface area contributed by atoms with E-state index in [1.165, 1.54) is 6.20 Å². The number of alkyl halides is 1. The van der Waals surface area contributed by atoms with Crippen LogP contribution in [-0.2, 0) is 4.79 Å². The van der Waals surface area contributed by atoms with Crippen LogP contribution in [0.3, 0.4) is 0 Å². The van der Waals surface area contributed by atoms with E-state index in [0.717, 1.165) is 44.7 Å². The van der Waals surface area contributed by atoms with Crippen LogP contribution in [0.15, 0.2) is 18.5 Å². The molecular weight excluding hydrogens is 410 g/mol. The van der Waals surface area contributed by atoms with E-state index in [4.69, 9.17) is 0 Å². The summed E-state index contributed by atoms with van der Waals surface area (Å²) in [4.78, 5) is 17.0. The van der Waals surface area contributed by atoms with Crippen LogP contribution in [0.25, 0.3) is 0 Å². The standard InChI is InChI=1S/C26H36F2N2O2/c1-24(32)10-11-26(28)16(13-24)3-4-17-18-5-6-20(25(18,2)9-7-19(17)26)23(31)15-30-22-8-12-29-14-21(22)27/h8,12,14,16-20,32H,3-7,9-11,13,15H2,1-2H3,(H,29,30)/t16-,17+,18+,19+,20-,24-,25+,26-/m1/s1. The first-order chi connectivity index (χ1) is 15.1. The van der Waals surface area contributed by atoms with Crippen molar-refractivity contribution in [3.05, 3.63) is 24.3 Å². The Morgan fingerprint density at radius 2 is 1.97 bits per heavy atom. The maximum Gasteiger partial charge on any atom is 0.164 e. The number of Topliss-reactive ketones (excluding diaryl/α,β-unsaturated/α-hetero) is 1. The molecule has 0 bridgehead atoms. The lowest BCUT2D eigenvalue weighted by atomic mass is 9.48. The van der Waals surface area contributed by atoms with Gasteiger partial charge in [-0.1, -0.05) is 6.92 Å². The molecule has 4 nitrogen and oxygen atoms in total. The van der Waals surface area contributed by atoms with Crippen molar-refractivity contribution >= 4 is 11.5 Å². The lowest BCUT2D eigenvalue weighted by molar-refractivity contribution is -0.165. The van der Waals surface area contributed by atoms with E-state index < -0.39 is 17.1 Å². The van der Waals surface area contributed by atoms with Gasteiger partial charge >= 0.3 is 0 Å². The minimum absolute atomic E-state index is 0.0323. The molecule has 32 heavy (non-hydrogen) atoms. The summed E-state index contributed by atoms with van der Waals surface area (Å²) in [7, 11) is 0. The SMILES string of the molecule is C[C@@]1(O)CC[C@@]2(F)[C@H](CC[C@H]3[C@@H]4CC[C@H](C(=O)CNc5ccncc5F)[C@@]4(C)CC[C@@H]32)C1. The molecule has 4 aliphatic carbocycles. The smallest absolute Gasteiger partial charge is 0.164 e. The van der Waals surface area contributed by atoms with Crippen molar-refractivity contribution in [2.45, 2.75) is 82.9 Å². The Morgan fingerprint density at radius 1 is 1.16 bits per heavy atom. The highest BCUT2D eigenvalue weighted by molar-refractivity contribution is 5.86. The fourth-order valence-corrected chi connectivity index (χ4v) is 8.33. The van der Waals surface area contributed by atoms with Gasteiger partial charge in [0.2, 0.25) is 0 Å². The third-order valence-electron chi connectivity index (χ3n) is 9.93. The number of hydrogen-bond donors (Lipinski definition) is 2. The zero-order chi connectivity index (χ0) is 22.7. The topological polar surface area (TPSA) is 62.2 Å². The zero-order valence-corrected chi connectivity index (χ0v) is 19.2. The molecule has 4 fully saturated rings. The molecule has 4 aliphatic rings. The van der Waals surface area contributed by atoms with Crippen molar-refractivity contribution in [1.29, 1.82) is 0 Å². The number of nitrogens with one attached hydrogen (secondary N) is 1. The predicted molar refractivity (Wildman–Crippen MR) is 119 cm³/mol. The largest absolute Gasteiger partial charge is 0.390 e. The summed E-state index contributed by atoms with van der Waals surface area (Å²) >= 11 is 0. The number of fused-ring (bicyclic) bond motifs is 5. The van der Waals surface area contributed by atoms with E-state index in [9.17, 15) is 14.3 Å². The summed E-state index contributed by atoms with van der Waals surface area (Å²) in [5.41, 5.74) is -1.68. The van der Waals surface area contributed by atoms with Gasteiger partial charge in [0.1, 0.15) is 5.67 Å². The second-order valence-electron chi connectivity index (χ2n) is 11.6. The van der Waals surface area contributed by atoms with Crippen LogP contribution in [0.5, 0.6) is 0 Å². The number of halogens is 2. The van der Waals surface area contributed by atoms with E-state index in [1.54, 1.807) is 6.07 Å². The number of aromatic nitrogens is 1. The number of anilines is 1. The van der Waals surface area contributed by atoms with Gasteiger partial charge in [-0.05, 0) is 99.9 Å². The summed E-state index contributed by atoms with van der Waals surface area (Å²) < 4.78 is 30.3. The van der Waals surface area contributed by atoms with Crippen LogP contribution in [0.2, 0.25) is 0 Å². The Balaban J connectivity index is 1.30. The number of rotatable bonds is 4. The number of pyridine rings is 1. The van der Waals surface area contributed by atoms with Gasteiger partial charge < -0.3 is 10.4 Å². The molecule has 0 saturated heterocycles. The molecule has 6 heteroatoms. The number of hydrogen-bond acceptors (Lipinski definition) is 4. The number of aliphatic hydroxyl groups is 1. The van der Waals surface area contributed by atoms with Crippen molar-refractivity contribution in [2.75, 3.05) is 11.9 Å². The van der Waals surface area contributed by atoms with Gasteiger partial charge in [-0.2, -0.15) is 0 Å². The molecule has 4 saturated carbocycles. The number of ketones is 1. The van der Waals surface area contributed by atoms with Crippen molar-refractivity contribution in [3.8, 4) is 0 Å². The van der Waals surface area contributed by atoms with Gasteiger partial charge in [0.25, 0.3) is 0 Å². The van der Waals surface area contributed by atoms with Gasteiger partial charge in [0, 0.05) is 12.1 Å². The molecule has 1 aromatic rings. The molecule has 0 aromatic carbocycles. The van der Waals surface area contributed by atoms with Crippen molar-refractivity contribution in [2.24, 2.45) is 35.0 Å². The normalized spacial score (nSPS) is 45.5. The molecule has 0 spiro atoms. The first kappa shape index (κ1) is 22.2. The van der Waals surface area contributed by atoms with Gasteiger partial charge in [-0.25, -0.2) is 8.78 Å². The Bertz CT molecular complexity index is 892. The molecule has 176 valence electrons. The number of carbonyl (C=O) groups is 1. The molecule has 5 rings (SSSR count). The molecule has 0 radical (unpaired) electrons. The van der Waals surface area contributed by atoms with E-state index in [0.29, 0.717) is 36.8 Å². The van der Waals surface area contributed by atoms with E-state index in [1.807, 2.05) is 6.92 Å². The molecule has 0 unspecified atom stereocenters. The van der Waals surface area contributed by atoms with Gasteiger partial charge in [-0.3, -0.25) is 9.78 Å². The van der Waals surface area contributed by atoms with Gasteiger partial charge in [0.05, 0.1) is 24.0 Å². The van der Waals surface area contributed by atoms with Crippen LogP contribution in [0.1, 0.15) is 71.6 Å². The first-order valence-electron chi connectivity index (χ1n) is 12.4. The quantitative estimate of drug-likeness (QED) is 0.658. The zero-order valence-electron chi connectivity index (χ0n) is 19.2. The summed E-state index contributed by atoms with van der Waals surface area (Å²) in [5.74, 6) is 0.384.